The average Bonchev–Trinajstić information content (AvgIpc) is 3.46. The molecule has 1 aliphatic carbocycles. The van der Waals surface area contributed by atoms with Crippen molar-refractivity contribution in [2.75, 3.05) is 43.1 Å². The second-order valence-electron chi connectivity index (χ2n) is 7.09. The van der Waals surface area contributed by atoms with Crippen LogP contribution in [-0.4, -0.2) is 61.5 Å². The molecule has 0 spiro atoms. The van der Waals surface area contributed by atoms with Crippen LogP contribution < -0.4 is 16.0 Å². The van der Waals surface area contributed by atoms with E-state index in [1.165, 1.54) is 17.0 Å². The standard InChI is InChI=1S/C19H25FN4O4/c1-2-23(10-12-3-4-12)17(18(21)26)19(27)22-13-5-6-15(14(20)9-13)24-7-8-28-11-16(24)25/h5-6,9,12,17H,2-4,7-8,10-11H2,1H3,(H2,21,26)(H,22,27)/t17-/m1/s1. The van der Waals surface area contributed by atoms with Crippen LogP contribution in [0.25, 0.3) is 0 Å². The van der Waals surface area contributed by atoms with Gasteiger partial charge >= 0.3 is 0 Å². The van der Waals surface area contributed by atoms with Gasteiger partial charge in [-0.15, -0.1) is 0 Å². The Bertz CT molecular complexity index is 768. The lowest BCUT2D eigenvalue weighted by atomic mass is 10.1. The average molecular weight is 392 g/mol. The number of halogens is 1. The first-order valence-corrected chi connectivity index (χ1v) is 9.42. The Labute approximate surface area is 162 Å². The summed E-state index contributed by atoms with van der Waals surface area (Å²) < 4.78 is 19.6. The summed E-state index contributed by atoms with van der Waals surface area (Å²) in [5.74, 6) is -1.82. The highest BCUT2D eigenvalue weighted by Crippen LogP contribution is 2.30. The molecule has 1 heterocycles. The highest BCUT2D eigenvalue weighted by atomic mass is 19.1. The van der Waals surface area contributed by atoms with Gasteiger partial charge in [-0.1, -0.05) is 6.92 Å². The van der Waals surface area contributed by atoms with Crippen molar-refractivity contribution < 1.29 is 23.5 Å². The molecule has 0 radical (unpaired) electrons. The molecule has 3 rings (SSSR count). The van der Waals surface area contributed by atoms with E-state index in [1.54, 1.807) is 4.90 Å². The Kier molecular flexibility index (Phi) is 6.25. The summed E-state index contributed by atoms with van der Waals surface area (Å²) in [7, 11) is 0. The minimum Gasteiger partial charge on any atom is -0.370 e. The van der Waals surface area contributed by atoms with Crippen molar-refractivity contribution in [3.63, 3.8) is 0 Å². The molecule has 9 heteroatoms. The predicted molar refractivity (Wildman–Crippen MR) is 101 cm³/mol. The molecule has 3 N–H and O–H groups in total. The Balaban J connectivity index is 1.72. The molecule has 1 aromatic carbocycles. The van der Waals surface area contributed by atoms with E-state index in [4.69, 9.17) is 10.5 Å². The van der Waals surface area contributed by atoms with E-state index in [1.807, 2.05) is 6.92 Å². The van der Waals surface area contributed by atoms with Crippen LogP contribution in [0, 0.1) is 11.7 Å². The van der Waals surface area contributed by atoms with Crippen molar-refractivity contribution in [3.05, 3.63) is 24.0 Å². The topological polar surface area (TPSA) is 105 Å². The van der Waals surface area contributed by atoms with Crippen molar-refractivity contribution in [1.82, 2.24) is 4.90 Å². The largest absolute Gasteiger partial charge is 0.370 e. The number of hydrogen-bond donors (Lipinski definition) is 2. The lowest BCUT2D eigenvalue weighted by Crippen LogP contribution is -2.52. The molecule has 28 heavy (non-hydrogen) atoms. The first kappa shape index (κ1) is 20.2. The number of anilines is 2. The number of benzene rings is 1. The van der Waals surface area contributed by atoms with Gasteiger partial charge < -0.3 is 20.7 Å². The SMILES string of the molecule is CCN(CC1CC1)[C@H](C(N)=O)C(=O)Nc1ccc(N2CCOCC2=O)c(F)c1. The molecule has 3 amide bonds. The number of primary amides is 1. The van der Waals surface area contributed by atoms with Crippen molar-refractivity contribution in [2.45, 2.75) is 25.8 Å². The zero-order valence-corrected chi connectivity index (χ0v) is 15.8. The second-order valence-corrected chi connectivity index (χ2v) is 7.09. The molecule has 1 atom stereocenters. The van der Waals surface area contributed by atoms with E-state index in [-0.39, 0.29) is 30.4 Å². The number of nitrogens with zero attached hydrogens (tertiary/aromatic N) is 2. The Morgan fingerprint density at radius 1 is 1.43 bits per heavy atom. The van der Waals surface area contributed by atoms with Gasteiger partial charge in [0.05, 0.1) is 12.3 Å². The fourth-order valence-corrected chi connectivity index (χ4v) is 3.31. The van der Waals surface area contributed by atoms with Gasteiger partial charge in [-0.2, -0.15) is 0 Å². The fraction of sp³-hybridized carbons (Fsp3) is 0.526. The summed E-state index contributed by atoms with van der Waals surface area (Å²) in [6.07, 6.45) is 2.16. The van der Waals surface area contributed by atoms with Crippen molar-refractivity contribution in [2.24, 2.45) is 11.7 Å². The minimum atomic E-state index is -1.12. The van der Waals surface area contributed by atoms with Crippen molar-refractivity contribution >= 4 is 29.1 Å². The van der Waals surface area contributed by atoms with E-state index in [0.29, 0.717) is 25.6 Å². The van der Waals surface area contributed by atoms with Crippen molar-refractivity contribution in [3.8, 4) is 0 Å². The molecular formula is C19H25FN4O4. The molecule has 1 saturated carbocycles. The minimum absolute atomic E-state index is 0.0912. The predicted octanol–water partition coefficient (Wildman–Crippen LogP) is 0.713. The fourth-order valence-electron chi connectivity index (χ4n) is 3.31. The van der Waals surface area contributed by atoms with E-state index in [9.17, 15) is 18.8 Å². The number of nitrogens with two attached hydrogens (primary N) is 1. The van der Waals surface area contributed by atoms with Crippen LogP contribution >= 0.6 is 0 Å². The molecule has 2 aliphatic rings. The lowest BCUT2D eigenvalue weighted by molar-refractivity contribution is -0.132. The maximum Gasteiger partial charge on any atom is 0.253 e. The number of likely N-dealkylation sites (N-methyl/N-ethyl adjacent to an activating group) is 1. The number of carbonyl (C=O) groups excluding carboxylic acids is 3. The summed E-state index contributed by atoms with van der Waals surface area (Å²) >= 11 is 0. The normalized spacial score (nSPS) is 18.2. The Morgan fingerprint density at radius 3 is 2.75 bits per heavy atom. The van der Waals surface area contributed by atoms with Gasteiger partial charge in [-0.05, 0) is 43.5 Å². The maximum absolute atomic E-state index is 14.5. The quantitative estimate of drug-likeness (QED) is 0.634. The second kappa shape index (κ2) is 8.66. The van der Waals surface area contributed by atoms with Crippen LogP contribution in [0.15, 0.2) is 18.2 Å². The van der Waals surface area contributed by atoms with Gasteiger partial charge in [0.25, 0.3) is 11.8 Å². The van der Waals surface area contributed by atoms with Crippen LogP contribution in [0.2, 0.25) is 0 Å². The smallest absolute Gasteiger partial charge is 0.253 e. The van der Waals surface area contributed by atoms with E-state index < -0.39 is 23.7 Å². The first-order chi connectivity index (χ1) is 13.4. The summed E-state index contributed by atoms with van der Waals surface area (Å²) in [5, 5.41) is 2.56. The Morgan fingerprint density at radius 2 is 2.18 bits per heavy atom. The monoisotopic (exact) mass is 392 g/mol. The van der Waals surface area contributed by atoms with Crippen molar-refractivity contribution in [1.29, 1.82) is 0 Å². The number of rotatable bonds is 8. The summed E-state index contributed by atoms with van der Waals surface area (Å²) in [5.41, 5.74) is 5.78. The third-order valence-electron chi connectivity index (χ3n) is 4.97. The van der Waals surface area contributed by atoms with Crippen LogP contribution in [0.4, 0.5) is 15.8 Å². The van der Waals surface area contributed by atoms with Crippen LogP contribution in [0.3, 0.4) is 0 Å². The van der Waals surface area contributed by atoms with Gasteiger partial charge in [0.1, 0.15) is 12.4 Å². The van der Waals surface area contributed by atoms with Gasteiger partial charge in [-0.3, -0.25) is 19.3 Å². The third-order valence-corrected chi connectivity index (χ3v) is 4.97. The molecule has 0 aromatic heterocycles. The summed E-state index contributed by atoms with van der Waals surface area (Å²) in [6.45, 7) is 3.50. The lowest BCUT2D eigenvalue weighted by Gasteiger charge is -2.28. The van der Waals surface area contributed by atoms with Gasteiger partial charge in [0.2, 0.25) is 5.91 Å². The molecule has 1 saturated heterocycles. The van der Waals surface area contributed by atoms with Gasteiger partial charge in [0.15, 0.2) is 6.04 Å². The molecule has 1 aliphatic heterocycles. The highest BCUT2D eigenvalue weighted by molar-refractivity contribution is 6.09. The zero-order chi connectivity index (χ0) is 20.3. The molecule has 0 unspecified atom stereocenters. The number of amides is 3. The molecule has 152 valence electrons. The molecular weight excluding hydrogens is 367 g/mol. The van der Waals surface area contributed by atoms with E-state index in [0.717, 1.165) is 18.9 Å². The molecule has 1 aromatic rings. The highest BCUT2D eigenvalue weighted by Gasteiger charge is 2.34. The number of morpholine rings is 1. The first-order valence-electron chi connectivity index (χ1n) is 9.42. The number of hydrogen-bond acceptors (Lipinski definition) is 5. The molecule has 2 fully saturated rings. The van der Waals surface area contributed by atoms with Gasteiger partial charge in [-0.25, -0.2) is 4.39 Å². The van der Waals surface area contributed by atoms with Gasteiger partial charge in [0, 0.05) is 18.8 Å². The number of carbonyl (C=O) groups is 3. The molecule has 8 nitrogen and oxygen atoms in total. The Hall–Kier alpha value is -2.52. The van der Waals surface area contributed by atoms with Crippen LogP contribution in [0.1, 0.15) is 19.8 Å². The molecule has 0 bridgehead atoms. The maximum atomic E-state index is 14.5. The number of nitrogens with one attached hydrogen (secondary N) is 1. The zero-order valence-electron chi connectivity index (χ0n) is 15.8. The third kappa shape index (κ3) is 4.66. The summed E-state index contributed by atoms with van der Waals surface area (Å²) in [4.78, 5) is 39.5. The van der Waals surface area contributed by atoms with Crippen LogP contribution in [-0.2, 0) is 19.1 Å². The van der Waals surface area contributed by atoms with Crippen LogP contribution in [0.5, 0.6) is 0 Å². The van der Waals surface area contributed by atoms with E-state index in [2.05, 4.69) is 5.32 Å². The van der Waals surface area contributed by atoms with E-state index >= 15 is 0 Å². The summed E-state index contributed by atoms with van der Waals surface area (Å²) in [6, 6.07) is 2.93. The number of ether oxygens (including phenoxy) is 1.